The number of aryl methyl sites for hydroxylation is 3. The standard InChI is InChI=1S/C20H25FN4OS/c1-10-11(2)27-18-16(10)17(22-12(3)23-18)25-13-4-5-15(25)14(8-13)24-19(26)20(9-21)6-7-20/h13-15H,4-9H2,1-3H3,(H,24,26)/t13-,14+,15+/m1/s1. The van der Waals surface area contributed by atoms with E-state index in [0.29, 0.717) is 18.9 Å². The number of hydrogen-bond donors (Lipinski definition) is 1. The molecule has 0 unspecified atom stereocenters. The van der Waals surface area contributed by atoms with Gasteiger partial charge in [0.2, 0.25) is 5.91 Å². The van der Waals surface area contributed by atoms with Gasteiger partial charge in [-0.1, -0.05) is 0 Å². The molecular formula is C20H25FN4OS. The van der Waals surface area contributed by atoms with Gasteiger partial charge in [-0.15, -0.1) is 11.3 Å². The molecular weight excluding hydrogens is 363 g/mol. The fourth-order valence-corrected chi connectivity index (χ4v) is 5.96. The van der Waals surface area contributed by atoms with E-state index in [4.69, 9.17) is 4.98 Å². The Kier molecular flexibility index (Phi) is 3.77. The van der Waals surface area contributed by atoms with Crippen molar-refractivity contribution in [2.24, 2.45) is 5.41 Å². The number of alkyl halides is 1. The minimum absolute atomic E-state index is 0.0886. The van der Waals surface area contributed by atoms with E-state index in [1.54, 1.807) is 11.3 Å². The van der Waals surface area contributed by atoms with Crippen LogP contribution in [0.15, 0.2) is 0 Å². The molecule has 3 atom stereocenters. The van der Waals surface area contributed by atoms with Crippen LogP contribution < -0.4 is 10.2 Å². The summed E-state index contributed by atoms with van der Waals surface area (Å²) in [5, 5.41) is 4.35. The first-order chi connectivity index (χ1) is 12.9. The molecule has 2 aromatic heterocycles. The number of fused-ring (bicyclic) bond motifs is 3. The second-order valence-corrected chi connectivity index (χ2v) is 9.70. The number of aromatic nitrogens is 2. The van der Waals surface area contributed by atoms with Gasteiger partial charge in [0, 0.05) is 10.9 Å². The normalized spacial score (nSPS) is 28.1. The van der Waals surface area contributed by atoms with Gasteiger partial charge in [-0.3, -0.25) is 4.79 Å². The predicted octanol–water partition coefficient (Wildman–Crippen LogP) is 3.59. The highest BCUT2D eigenvalue weighted by molar-refractivity contribution is 7.18. The average Bonchev–Trinajstić information content (AvgIpc) is 3.14. The third-order valence-corrected chi connectivity index (χ3v) is 7.91. The van der Waals surface area contributed by atoms with Crippen molar-refractivity contribution >= 4 is 33.3 Å². The lowest BCUT2D eigenvalue weighted by Gasteiger charge is -2.27. The number of halogens is 1. The van der Waals surface area contributed by atoms with Crippen molar-refractivity contribution in [3.63, 3.8) is 0 Å². The van der Waals surface area contributed by atoms with Crippen molar-refractivity contribution in [2.75, 3.05) is 11.6 Å². The highest BCUT2D eigenvalue weighted by Gasteiger charge is 2.53. The van der Waals surface area contributed by atoms with Gasteiger partial charge in [0.25, 0.3) is 0 Å². The van der Waals surface area contributed by atoms with Crippen molar-refractivity contribution in [3.8, 4) is 0 Å². The van der Waals surface area contributed by atoms with Crippen molar-refractivity contribution in [2.45, 2.75) is 71.0 Å². The maximum atomic E-state index is 13.3. The molecule has 2 aliphatic heterocycles. The summed E-state index contributed by atoms with van der Waals surface area (Å²) in [6.45, 7) is 5.69. The molecule has 1 N–H and O–H groups in total. The Morgan fingerprint density at radius 1 is 1.30 bits per heavy atom. The summed E-state index contributed by atoms with van der Waals surface area (Å²) < 4.78 is 13.3. The number of rotatable bonds is 4. The average molecular weight is 389 g/mol. The molecule has 4 heterocycles. The van der Waals surface area contributed by atoms with E-state index in [1.165, 1.54) is 10.4 Å². The second kappa shape index (κ2) is 5.87. The maximum Gasteiger partial charge on any atom is 0.229 e. The number of carbonyl (C=O) groups is 1. The van der Waals surface area contributed by atoms with Gasteiger partial charge >= 0.3 is 0 Å². The lowest BCUT2D eigenvalue weighted by Crippen LogP contribution is -2.47. The third kappa shape index (κ3) is 2.50. The summed E-state index contributed by atoms with van der Waals surface area (Å²) >= 11 is 1.73. The third-order valence-electron chi connectivity index (χ3n) is 6.81. The number of amides is 1. The summed E-state index contributed by atoms with van der Waals surface area (Å²) in [4.78, 5) is 26.8. The molecule has 5 rings (SSSR count). The summed E-state index contributed by atoms with van der Waals surface area (Å²) in [6.07, 6.45) is 4.45. The van der Waals surface area contributed by atoms with Crippen molar-refractivity contribution in [1.82, 2.24) is 15.3 Å². The second-order valence-electron chi connectivity index (χ2n) is 8.49. The van der Waals surface area contributed by atoms with E-state index in [9.17, 15) is 9.18 Å². The first-order valence-electron chi connectivity index (χ1n) is 9.83. The largest absolute Gasteiger partial charge is 0.351 e. The zero-order valence-corrected chi connectivity index (χ0v) is 16.8. The molecule has 2 aromatic rings. The van der Waals surface area contributed by atoms with E-state index in [-0.39, 0.29) is 18.0 Å². The quantitative estimate of drug-likeness (QED) is 0.870. The fraction of sp³-hybridized carbons (Fsp3) is 0.650. The van der Waals surface area contributed by atoms with Crippen LogP contribution >= 0.6 is 11.3 Å². The van der Waals surface area contributed by atoms with Crippen LogP contribution in [0.25, 0.3) is 10.2 Å². The molecule has 5 nitrogen and oxygen atoms in total. The van der Waals surface area contributed by atoms with Crippen LogP contribution in [0.5, 0.6) is 0 Å². The molecule has 3 aliphatic rings. The van der Waals surface area contributed by atoms with Crippen LogP contribution in [0.1, 0.15) is 48.4 Å². The highest BCUT2D eigenvalue weighted by Crippen LogP contribution is 2.48. The van der Waals surface area contributed by atoms with E-state index in [0.717, 1.165) is 41.1 Å². The molecule has 3 fully saturated rings. The molecule has 0 spiro atoms. The van der Waals surface area contributed by atoms with E-state index < -0.39 is 12.1 Å². The predicted molar refractivity (Wildman–Crippen MR) is 105 cm³/mol. The maximum absolute atomic E-state index is 13.3. The Morgan fingerprint density at radius 2 is 2.07 bits per heavy atom. The first kappa shape index (κ1) is 17.3. The van der Waals surface area contributed by atoms with E-state index >= 15 is 0 Å². The molecule has 0 radical (unpaired) electrons. The lowest BCUT2D eigenvalue weighted by molar-refractivity contribution is -0.127. The monoisotopic (exact) mass is 388 g/mol. The van der Waals surface area contributed by atoms with Gasteiger partial charge in [0.05, 0.1) is 22.9 Å². The van der Waals surface area contributed by atoms with E-state index in [1.807, 2.05) is 6.92 Å². The van der Waals surface area contributed by atoms with Crippen LogP contribution in [0, 0.1) is 26.2 Å². The molecule has 2 saturated heterocycles. The van der Waals surface area contributed by atoms with Crippen LogP contribution in [0.3, 0.4) is 0 Å². The number of nitrogens with one attached hydrogen (secondary N) is 1. The fourth-order valence-electron chi connectivity index (χ4n) is 4.89. The first-order valence-corrected chi connectivity index (χ1v) is 10.6. The summed E-state index contributed by atoms with van der Waals surface area (Å²) in [7, 11) is 0. The molecule has 0 aromatic carbocycles. The van der Waals surface area contributed by atoms with Crippen molar-refractivity contribution in [1.29, 1.82) is 0 Å². The Balaban J connectivity index is 1.48. The van der Waals surface area contributed by atoms with Gasteiger partial charge in [-0.25, -0.2) is 14.4 Å². The zero-order chi connectivity index (χ0) is 18.9. The van der Waals surface area contributed by atoms with Gasteiger partial charge in [0.15, 0.2) is 0 Å². The molecule has 7 heteroatoms. The molecule has 2 bridgehead atoms. The Labute approximate surface area is 162 Å². The van der Waals surface area contributed by atoms with Crippen LogP contribution in [0.2, 0.25) is 0 Å². The number of anilines is 1. The summed E-state index contributed by atoms with van der Waals surface area (Å²) in [6, 6.07) is 0.718. The van der Waals surface area contributed by atoms with Gasteiger partial charge in [-0.2, -0.15) is 0 Å². The summed E-state index contributed by atoms with van der Waals surface area (Å²) in [5.41, 5.74) is 0.526. The van der Waals surface area contributed by atoms with Crippen LogP contribution in [0.4, 0.5) is 10.2 Å². The number of nitrogens with zero attached hydrogens (tertiary/aromatic N) is 3. The molecule has 1 aliphatic carbocycles. The van der Waals surface area contributed by atoms with Crippen LogP contribution in [-0.2, 0) is 4.79 Å². The van der Waals surface area contributed by atoms with Gasteiger partial charge in [0.1, 0.15) is 23.1 Å². The SMILES string of the molecule is Cc1nc(N2[C@@H]3CC[C@H]2[C@@H](NC(=O)C2(CF)CC2)C3)c2c(C)c(C)sc2n1. The Bertz CT molecular complexity index is 938. The van der Waals surface area contributed by atoms with Crippen LogP contribution in [-0.4, -0.2) is 40.7 Å². The minimum atomic E-state index is -0.730. The van der Waals surface area contributed by atoms with Gasteiger partial charge < -0.3 is 10.2 Å². The molecule has 1 amide bonds. The molecule has 1 saturated carbocycles. The van der Waals surface area contributed by atoms with E-state index in [2.05, 4.69) is 29.0 Å². The van der Waals surface area contributed by atoms with Crippen molar-refractivity contribution in [3.05, 3.63) is 16.3 Å². The Hall–Kier alpha value is -1.76. The van der Waals surface area contributed by atoms with Gasteiger partial charge in [-0.05, 0) is 58.4 Å². The minimum Gasteiger partial charge on any atom is -0.351 e. The molecule has 144 valence electrons. The van der Waals surface area contributed by atoms with Crippen molar-refractivity contribution < 1.29 is 9.18 Å². The number of thiophene rings is 1. The smallest absolute Gasteiger partial charge is 0.229 e. The number of hydrogen-bond acceptors (Lipinski definition) is 5. The molecule has 27 heavy (non-hydrogen) atoms. The zero-order valence-electron chi connectivity index (χ0n) is 16.0. The lowest BCUT2D eigenvalue weighted by atomic mass is 9.94. The number of carbonyl (C=O) groups excluding carboxylic acids is 1. The topological polar surface area (TPSA) is 58.1 Å². The Morgan fingerprint density at radius 3 is 2.78 bits per heavy atom. The highest BCUT2D eigenvalue weighted by atomic mass is 32.1. The summed E-state index contributed by atoms with van der Waals surface area (Å²) in [5.74, 6) is 1.73.